The summed E-state index contributed by atoms with van der Waals surface area (Å²) in [6.07, 6.45) is 1.08. The lowest BCUT2D eigenvalue weighted by Crippen LogP contribution is -1.88. The highest BCUT2D eigenvalue weighted by Crippen LogP contribution is 2.21. The number of methoxy groups -OCH3 is 1. The predicted molar refractivity (Wildman–Crippen MR) is 44.4 cm³/mol. The minimum Gasteiger partial charge on any atom is -0.508 e. The molecule has 0 saturated heterocycles. The summed E-state index contributed by atoms with van der Waals surface area (Å²) in [5.74, 6) is 0.679. The highest BCUT2D eigenvalue weighted by Gasteiger charge is 1.98. The van der Waals surface area contributed by atoms with Crippen LogP contribution in [0, 0.1) is 0 Å². The van der Waals surface area contributed by atoms with Gasteiger partial charge in [0, 0.05) is 12.5 Å². The number of rotatable bonds is 3. The summed E-state index contributed by atoms with van der Waals surface area (Å²) in [6.45, 7) is 0. The van der Waals surface area contributed by atoms with Crippen LogP contribution in [-0.4, -0.2) is 18.5 Å². The van der Waals surface area contributed by atoms with E-state index in [-0.39, 0.29) is 5.75 Å². The number of carbonyl (C=O) groups is 1. The summed E-state index contributed by atoms with van der Waals surface area (Å²) in [7, 11) is 1.51. The molecule has 0 fully saturated rings. The van der Waals surface area contributed by atoms with E-state index in [9.17, 15) is 4.79 Å². The molecule has 0 spiro atoms. The molecule has 1 N–H and O–H groups in total. The summed E-state index contributed by atoms with van der Waals surface area (Å²) in [5.41, 5.74) is 0.752. The number of ether oxygens (including phenoxy) is 1. The minimum atomic E-state index is 0.117. The molecule has 1 aromatic carbocycles. The smallest absolute Gasteiger partial charge is 0.124 e. The van der Waals surface area contributed by atoms with Gasteiger partial charge in [0.1, 0.15) is 17.8 Å². The van der Waals surface area contributed by atoms with E-state index in [1.165, 1.54) is 19.2 Å². The highest BCUT2D eigenvalue weighted by atomic mass is 16.5. The summed E-state index contributed by atoms with van der Waals surface area (Å²) in [5, 5.41) is 9.16. The molecular formula is C9H10O3. The number of hydrogen-bond acceptors (Lipinski definition) is 3. The van der Waals surface area contributed by atoms with E-state index in [4.69, 9.17) is 9.84 Å². The lowest BCUT2D eigenvalue weighted by molar-refractivity contribution is -0.107. The monoisotopic (exact) mass is 166 g/mol. The van der Waals surface area contributed by atoms with Crippen LogP contribution in [0.25, 0.3) is 0 Å². The number of carbonyl (C=O) groups excluding carboxylic acids is 1. The van der Waals surface area contributed by atoms with Crippen molar-refractivity contribution in [1.82, 2.24) is 0 Å². The van der Waals surface area contributed by atoms with Crippen molar-refractivity contribution >= 4 is 6.29 Å². The van der Waals surface area contributed by atoms with Crippen molar-refractivity contribution in [2.75, 3.05) is 7.11 Å². The quantitative estimate of drug-likeness (QED) is 0.685. The Bertz CT molecular complexity index is 281. The van der Waals surface area contributed by atoms with Gasteiger partial charge in [0.2, 0.25) is 0 Å². The van der Waals surface area contributed by atoms with Gasteiger partial charge in [0.25, 0.3) is 0 Å². The second-order valence-corrected chi connectivity index (χ2v) is 2.41. The first-order valence-electron chi connectivity index (χ1n) is 3.57. The number of hydrogen-bond donors (Lipinski definition) is 1. The third-order valence-electron chi connectivity index (χ3n) is 1.51. The summed E-state index contributed by atoms with van der Waals surface area (Å²) >= 11 is 0. The summed E-state index contributed by atoms with van der Waals surface area (Å²) < 4.78 is 4.91. The summed E-state index contributed by atoms with van der Waals surface area (Å²) in [4.78, 5) is 10.2. The Morgan fingerprint density at radius 3 is 2.83 bits per heavy atom. The zero-order chi connectivity index (χ0) is 8.97. The normalized spacial score (nSPS) is 9.42. The van der Waals surface area contributed by atoms with E-state index in [0.717, 1.165) is 11.8 Å². The molecule has 0 heterocycles. The van der Waals surface area contributed by atoms with Gasteiger partial charge in [-0.3, -0.25) is 0 Å². The molecule has 0 unspecified atom stereocenters. The van der Waals surface area contributed by atoms with Crippen LogP contribution in [0.1, 0.15) is 5.56 Å². The first-order chi connectivity index (χ1) is 5.76. The van der Waals surface area contributed by atoms with Gasteiger partial charge in [-0.15, -0.1) is 0 Å². The predicted octanol–water partition coefficient (Wildman–Crippen LogP) is 1.14. The zero-order valence-corrected chi connectivity index (χ0v) is 6.78. The molecule has 0 saturated carbocycles. The maximum absolute atomic E-state index is 10.2. The van der Waals surface area contributed by atoms with E-state index >= 15 is 0 Å². The van der Waals surface area contributed by atoms with E-state index in [1.807, 2.05) is 0 Å². The van der Waals surface area contributed by atoms with Crippen molar-refractivity contribution in [2.45, 2.75) is 6.42 Å². The number of phenols is 1. The number of benzene rings is 1. The van der Waals surface area contributed by atoms with E-state index < -0.39 is 0 Å². The number of aldehydes is 1. The average molecular weight is 166 g/mol. The highest BCUT2D eigenvalue weighted by molar-refractivity contribution is 5.56. The van der Waals surface area contributed by atoms with Crippen LogP contribution in [0.3, 0.4) is 0 Å². The van der Waals surface area contributed by atoms with Crippen LogP contribution in [0.2, 0.25) is 0 Å². The molecule has 0 aliphatic carbocycles. The standard InChI is InChI=1S/C9H10O3/c1-12-9-5-7(2-3-10)4-8(11)6-9/h3-6,11H,2H2,1H3. The molecule has 3 nitrogen and oxygen atoms in total. The van der Waals surface area contributed by atoms with E-state index in [1.54, 1.807) is 6.07 Å². The fourth-order valence-electron chi connectivity index (χ4n) is 0.975. The van der Waals surface area contributed by atoms with Gasteiger partial charge in [0.15, 0.2) is 0 Å². The topological polar surface area (TPSA) is 46.5 Å². The second kappa shape index (κ2) is 3.76. The van der Waals surface area contributed by atoms with Crippen LogP contribution in [0.5, 0.6) is 11.5 Å². The van der Waals surface area contributed by atoms with Crippen molar-refractivity contribution in [1.29, 1.82) is 0 Å². The minimum absolute atomic E-state index is 0.117. The van der Waals surface area contributed by atoms with Gasteiger partial charge in [0.05, 0.1) is 7.11 Å². The maximum Gasteiger partial charge on any atom is 0.124 e. The Balaban J connectivity index is 2.97. The van der Waals surface area contributed by atoms with Gasteiger partial charge >= 0.3 is 0 Å². The van der Waals surface area contributed by atoms with Crippen molar-refractivity contribution < 1.29 is 14.6 Å². The van der Waals surface area contributed by atoms with Gasteiger partial charge in [-0.05, 0) is 17.7 Å². The molecule has 0 aliphatic heterocycles. The Morgan fingerprint density at radius 1 is 1.50 bits per heavy atom. The van der Waals surface area contributed by atoms with Gasteiger partial charge in [-0.2, -0.15) is 0 Å². The first kappa shape index (κ1) is 8.59. The van der Waals surface area contributed by atoms with Gasteiger partial charge in [-0.1, -0.05) is 0 Å². The number of phenolic OH excluding ortho intramolecular Hbond substituents is 1. The molecule has 12 heavy (non-hydrogen) atoms. The first-order valence-corrected chi connectivity index (χ1v) is 3.57. The van der Waals surface area contributed by atoms with Crippen LogP contribution in [-0.2, 0) is 11.2 Å². The zero-order valence-electron chi connectivity index (χ0n) is 6.78. The van der Waals surface area contributed by atoms with E-state index in [0.29, 0.717) is 12.2 Å². The third kappa shape index (κ3) is 1.99. The lowest BCUT2D eigenvalue weighted by Gasteiger charge is -2.02. The molecule has 1 aromatic rings. The molecule has 0 bridgehead atoms. The van der Waals surface area contributed by atoms with Gasteiger partial charge in [-0.25, -0.2) is 0 Å². The Hall–Kier alpha value is -1.51. The second-order valence-electron chi connectivity index (χ2n) is 2.41. The van der Waals surface area contributed by atoms with Crippen molar-refractivity contribution in [3.05, 3.63) is 23.8 Å². The van der Waals surface area contributed by atoms with Crippen LogP contribution in [0.4, 0.5) is 0 Å². The fraction of sp³-hybridized carbons (Fsp3) is 0.222. The largest absolute Gasteiger partial charge is 0.508 e. The van der Waals surface area contributed by atoms with Crippen molar-refractivity contribution in [3.63, 3.8) is 0 Å². The maximum atomic E-state index is 10.2. The SMILES string of the molecule is COc1cc(O)cc(CC=O)c1. The van der Waals surface area contributed by atoms with E-state index in [2.05, 4.69) is 0 Å². The third-order valence-corrected chi connectivity index (χ3v) is 1.51. The molecule has 0 aromatic heterocycles. The molecule has 3 heteroatoms. The van der Waals surface area contributed by atoms with Crippen LogP contribution < -0.4 is 4.74 Å². The van der Waals surface area contributed by atoms with Crippen LogP contribution >= 0.6 is 0 Å². The van der Waals surface area contributed by atoms with Gasteiger partial charge < -0.3 is 14.6 Å². The molecule has 64 valence electrons. The molecular weight excluding hydrogens is 156 g/mol. The molecule has 0 amide bonds. The number of aromatic hydroxyl groups is 1. The molecule has 0 aliphatic rings. The van der Waals surface area contributed by atoms with Crippen molar-refractivity contribution in [3.8, 4) is 11.5 Å². The van der Waals surface area contributed by atoms with Crippen molar-refractivity contribution in [2.24, 2.45) is 0 Å². The Morgan fingerprint density at radius 2 is 2.25 bits per heavy atom. The molecule has 0 atom stereocenters. The molecule has 0 radical (unpaired) electrons. The fourth-order valence-corrected chi connectivity index (χ4v) is 0.975. The Kier molecular flexibility index (Phi) is 2.69. The average Bonchev–Trinajstić information content (AvgIpc) is 2.04. The summed E-state index contributed by atoms with van der Waals surface area (Å²) in [6, 6.07) is 4.75. The molecule has 1 rings (SSSR count). The lowest BCUT2D eigenvalue weighted by atomic mass is 10.1. The Labute approximate surface area is 70.6 Å². The van der Waals surface area contributed by atoms with Crippen LogP contribution in [0.15, 0.2) is 18.2 Å².